The molecule has 1 fully saturated rings. The van der Waals surface area contributed by atoms with Crippen LogP contribution in [0.15, 0.2) is 24.3 Å². The molecule has 3 heteroatoms. The highest BCUT2D eigenvalue weighted by molar-refractivity contribution is 5.25. The molecule has 1 heterocycles. The second-order valence-electron chi connectivity index (χ2n) is 4.95. The Morgan fingerprint density at radius 1 is 1.24 bits per heavy atom. The number of phenols is 1. The number of rotatable bonds is 4. The van der Waals surface area contributed by atoms with E-state index in [2.05, 4.69) is 17.3 Å². The summed E-state index contributed by atoms with van der Waals surface area (Å²) in [5.74, 6) is 0.344. The number of hydrogen-bond donors (Lipinski definition) is 2. The Morgan fingerprint density at radius 3 is 2.53 bits per heavy atom. The zero-order chi connectivity index (χ0) is 12.1. The van der Waals surface area contributed by atoms with Crippen molar-refractivity contribution in [2.45, 2.75) is 25.3 Å². The van der Waals surface area contributed by atoms with Crippen molar-refractivity contribution in [2.75, 3.05) is 26.7 Å². The van der Waals surface area contributed by atoms with Gasteiger partial charge in [0.1, 0.15) is 5.75 Å². The summed E-state index contributed by atoms with van der Waals surface area (Å²) < 4.78 is 0. The van der Waals surface area contributed by atoms with E-state index in [4.69, 9.17) is 0 Å². The molecule has 3 nitrogen and oxygen atoms in total. The molecule has 0 saturated carbocycles. The van der Waals surface area contributed by atoms with Crippen molar-refractivity contribution < 1.29 is 5.11 Å². The van der Waals surface area contributed by atoms with Gasteiger partial charge in [0.25, 0.3) is 0 Å². The first-order valence-corrected chi connectivity index (χ1v) is 6.44. The molecule has 17 heavy (non-hydrogen) atoms. The molecule has 0 radical (unpaired) electrons. The number of nitrogens with one attached hydrogen (secondary N) is 1. The van der Waals surface area contributed by atoms with Crippen LogP contribution in [0.3, 0.4) is 0 Å². The predicted molar refractivity (Wildman–Crippen MR) is 70.3 cm³/mol. The van der Waals surface area contributed by atoms with Crippen LogP contribution in [0.5, 0.6) is 5.75 Å². The van der Waals surface area contributed by atoms with Crippen LogP contribution in [0.4, 0.5) is 0 Å². The van der Waals surface area contributed by atoms with E-state index in [1.54, 1.807) is 12.1 Å². The normalized spacial score (nSPS) is 18.4. The number of aromatic hydroxyl groups is 1. The van der Waals surface area contributed by atoms with Gasteiger partial charge in [-0.1, -0.05) is 12.1 Å². The Labute approximate surface area is 103 Å². The lowest BCUT2D eigenvalue weighted by molar-refractivity contribution is 0.235. The van der Waals surface area contributed by atoms with Crippen molar-refractivity contribution in [1.29, 1.82) is 0 Å². The summed E-state index contributed by atoms with van der Waals surface area (Å²) in [6.45, 7) is 3.44. The third-order valence-corrected chi connectivity index (χ3v) is 3.50. The van der Waals surface area contributed by atoms with Gasteiger partial charge < -0.3 is 15.3 Å². The minimum Gasteiger partial charge on any atom is -0.508 e. The zero-order valence-corrected chi connectivity index (χ0v) is 10.5. The average molecular weight is 234 g/mol. The molecule has 1 aromatic carbocycles. The lowest BCUT2D eigenvalue weighted by atomic mass is 10.1. The first-order chi connectivity index (χ1) is 8.24. The molecule has 1 aromatic rings. The zero-order valence-electron chi connectivity index (χ0n) is 10.5. The fourth-order valence-corrected chi connectivity index (χ4v) is 2.30. The topological polar surface area (TPSA) is 35.5 Å². The van der Waals surface area contributed by atoms with Crippen LogP contribution in [-0.4, -0.2) is 42.7 Å². The summed E-state index contributed by atoms with van der Waals surface area (Å²) in [6, 6.07) is 8.18. The van der Waals surface area contributed by atoms with Gasteiger partial charge in [-0.05, 0) is 63.6 Å². The minimum atomic E-state index is 0.344. The van der Waals surface area contributed by atoms with E-state index in [0.717, 1.165) is 13.0 Å². The van der Waals surface area contributed by atoms with Gasteiger partial charge in [-0.3, -0.25) is 0 Å². The Kier molecular flexibility index (Phi) is 4.40. The van der Waals surface area contributed by atoms with Crippen molar-refractivity contribution in [3.63, 3.8) is 0 Å². The summed E-state index contributed by atoms with van der Waals surface area (Å²) in [5.41, 5.74) is 1.28. The van der Waals surface area contributed by atoms with E-state index in [-0.39, 0.29) is 0 Å². The highest BCUT2D eigenvalue weighted by Gasteiger charge is 2.15. The Hall–Kier alpha value is -1.06. The average Bonchev–Trinajstić information content (AvgIpc) is 2.34. The van der Waals surface area contributed by atoms with Gasteiger partial charge in [0.2, 0.25) is 0 Å². The standard InChI is InChI=1S/C14H22N2O/c1-16-10-7-13(8-11-16)15-9-6-12-2-4-14(17)5-3-12/h2-5,13,15,17H,6-11H2,1H3. The summed E-state index contributed by atoms with van der Waals surface area (Å²) in [5, 5.41) is 12.8. The highest BCUT2D eigenvalue weighted by atomic mass is 16.3. The number of piperidine rings is 1. The van der Waals surface area contributed by atoms with Gasteiger partial charge in [-0.25, -0.2) is 0 Å². The van der Waals surface area contributed by atoms with E-state index in [1.165, 1.54) is 31.5 Å². The molecule has 2 N–H and O–H groups in total. The molecule has 1 aliphatic rings. The van der Waals surface area contributed by atoms with Crippen molar-refractivity contribution in [3.05, 3.63) is 29.8 Å². The molecule has 94 valence electrons. The van der Waals surface area contributed by atoms with E-state index < -0.39 is 0 Å². The van der Waals surface area contributed by atoms with Gasteiger partial charge in [-0.2, -0.15) is 0 Å². The largest absolute Gasteiger partial charge is 0.508 e. The van der Waals surface area contributed by atoms with Gasteiger partial charge in [0.15, 0.2) is 0 Å². The first kappa shape index (κ1) is 12.4. The van der Waals surface area contributed by atoms with Crippen LogP contribution in [0.25, 0.3) is 0 Å². The summed E-state index contributed by atoms with van der Waals surface area (Å²) >= 11 is 0. The van der Waals surface area contributed by atoms with Gasteiger partial charge in [0, 0.05) is 6.04 Å². The maximum absolute atomic E-state index is 9.19. The SMILES string of the molecule is CN1CCC(NCCc2ccc(O)cc2)CC1. The van der Waals surface area contributed by atoms with E-state index in [0.29, 0.717) is 11.8 Å². The quantitative estimate of drug-likeness (QED) is 0.831. The minimum absolute atomic E-state index is 0.344. The van der Waals surface area contributed by atoms with Gasteiger partial charge in [0.05, 0.1) is 0 Å². The van der Waals surface area contributed by atoms with Crippen LogP contribution in [0.2, 0.25) is 0 Å². The monoisotopic (exact) mass is 234 g/mol. The number of hydrogen-bond acceptors (Lipinski definition) is 3. The number of nitrogens with zero attached hydrogens (tertiary/aromatic N) is 1. The van der Waals surface area contributed by atoms with Crippen LogP contribution >= 0.6 is 0 Å². The third-order valence-electron chi connectivity index (χ3n) is 3.50. The number of benzene rings is 1. The fourth-order valence-electron chi connectivity index (χ4n) is 2.30. The van der Waals surface area contributed by atoms with Crippen molar-refractivity contribution in [1.82, 2.24) is 10.2 Å². The molecule has 0 unspecified atom stereocenters. The molecular formula is C14H22N2O. The first-order valence-electron chi connectivity index (χ1n) is 6.44. The molecular weight excluding hydrogens is 212 g/mol. The molecule has 0 spiro atoms. The summed E-state index contributed by atoms with van der Waals surface area (Å²) in [6.07, 6.45) is 3.55. The Balaban J connectivity index is 1.67. The van der Waals surface area contributed by atoms with Crippen LogP contribution < -0.4 is 5.32 Å². The Bertz CT molecular complexity index is 329. The molecule has 0 aliphatic carbocycles. The maximum Gasteiger partial charge on any atom is 0.115 e. The van der Waals surface area contributed by atoms with Gasteiger partial charge >= 0.3 is 0 Å². The molecule has 0 bridgehead atoms. The van der Waals surface area contributed by atoms with Crippen LogP contribution in [0.1, 0.15) is 18.4 Å². The second-order valence-corrected chi connectivity index (χ2v) is 4.95. The second kappa shape index (κ2) is 6.03. The van der Waals surface area contributed by atoms with Gasteiger partial charge in [-0.15, -0.1) is 0 Å². The van der Waals surface area contributed by atoms with Crippen LogP contribution in [0, 0.1) is 0 Å². The third kappa shape index (κ3) is 4.02. The molecule has 1 saturated heterocycles. The molecule has 2 rings (SSSR count). The van der Waals surface area contributed by atoms with E-state index in [9.17, 15) is 5.11 Å². The lowest BCUT2D eigenvalue weighted by Gasteiger charge is -2.29. The highest BCUT2D eigenvalue weighted by Crippen LogP contribution is 2.11. The lowest BCUT2D eigenvalue weighted by Crippen LogP contribution is -2.41. The molecule has 0 atom stereocenters. The van der Waals surface area contributed by atoms with Crippen molar-refractivity contribution in [3.8, 4) is 5.75 Å². The fraction of sp³-hybridized carbons (Fsp3) is 0.571. The summed E-state index contributed by atoms with van der Waals surface area (Å²) in [4.78, 5) is 2.39. The number of likely N-dealkylation sites (tertiary alicyclic amines) is 1. The maximum atomic E-state index is 9.19. The molecule has 0 aromatic heterocycles. The van der Waals surface area contributed by atoms with E-state index >= 15 is 0 Å². The smallest absolute Gasteiger partial charge is 0.115 e. The predicted octanol–water partition coefficient (Wildman–Crippen LogP) is 1.62. The Morgan fingerprint density at radius 2 is 1.88 bits per heavy atom. The molecule has 1 aliphatic heterocycles. The van der Waals surface area contributed by atoms with E-state index in [1.807, 2.05) is 12.1 Å². The van der Waals surface area contributed by atoms with Crippen molar-refractivity contribution in [2.24, 2.45) is 0 Å². The summed E-state index contributed by atoms with van der Waals surface area (Å²) in [7, 11) is 2.19. The molecule has 0 amide bonds. The number of phenolic OH excluding ortho intramolecular Hbond substituents is 1. The van der Waals surface area contributed by atoms with Crippen LogP contribution in [-0.2, 0) is 6.42 Å². The van der Waals surface area contributed by atoms with Crippen molar-refractivity contribution >= 4 is 0 Å².